The number of nitrogens with zero attached hydrogens (tertiary/aromatic N) is 2. The lowest BCUT2D eigenvalue weighted by atomic mass is 10.2. The SMILES string of the molecule is Cc1cccc2sc(NC(=O)c3cnc(-c4ccc(Cl)cc4)[nH]c3=O)nc12. The number of aromatic nitrogens is 3. The number of rotatable bonds is 3. The van der Waals surface area contributed by atoms with E-state index in [1.807, 2.05) is 25.1 Å². The average Bonchev–Trinajstić information content (AvgIpc) is 3.06. The van der Waals surface area contributed by atoms with E-state index in [2.05, 4.69) is 20.3 Å². The van der Waals surface area contributed by atoms with Crippen molar-refractivity contribution in [3.8, 4) is 11.4 Å². The molecule has 0 unspecified atom stereocenters. The van der Waals surface area contributed by atoms with Crippen molar-refractivity contribution in [1.82, 2.24) is 15.0 Å². The highest BCUT2D eigenvalue weighted by atomic mass is 35.5. The van der Waals surface area contributed by atoms with Crippen molar-refractivity contribution in [2.45, 2.75) is 6.92 Å². The summed E-state index contributed by atoms with van der Waals surface area (Å²) in [6, 6.07) is 12.7. The van der Waals surface area contributed by atoms with E-state index in [1.54, 1.807) is 24.3 Å². The fourth-order valence-corrected chi connectivity index (χ4v) is 3.68. The monoisotopic (exact) mass is 396 g/mol. The van der Waals surface area contributed by atoms with Crippen LogP contribution in [0.5, 0.6) is 0 Å². The van der Waals surface area contributed by atoms with Crippen LogP contribution >= 0.6 is 22.9 Å². The van der Waals surface area contributed by atoms with Gasteiger partial charge in [-0.25, -0.2) is 9.97 Å². The van der Waals surface area contributed by atoms with Gasteiger partial charge in [0.2, 0.25) is 0 Å². The number of amides is 1. The number of aryl methyl sites for hydroxylation is 1. The summed E-state index contributed by atoms with van der Waals surface area (Å²) in [4.78, 5) is 36.0. The van der Waals surface area contributed by atoms with E-state index in [0.717, 1.165) is 15.8 Å². The zero-order chi connectivity index (χ0) is 19.0. The molecule has 8 heteroatoms. The number of H-pyrrole nitrogens is 1. The molecule has 0 saturated carbocycles. The van der Waals surface area contributed by atoms with Gasteiger partial charge in [0, 0.05) is 16.8 Å². The molecule has 0 aliphatic carbocycles. The van der Waals surface area contributed by atoms with Gasteiger partial charge in [-0.15, -0.1) is 0 Å². The number of anilines is 1. The molecule has 0 aliphatic heterocycles. The number of fused-ring (bicyclic) bond motifs is 1. The van der Waals surface area contributed by atoms with Crippen LogP contribution in [-0.4, -0.2) is 20.9 Å². The Hall–Kier alpha value is -3.03. The van der Waals surface area contributed by atoms with Crippen LogP contribution in [0.1, 0.15) is 15.9 Å². The van der Waals surface area contributed by atoms with Crippen LogP contribution in [0.3, 0.4) is 0 Å². The second-order valence-corrected chi connectivity index (χ2v) is 7.34. The van der Waals surface area contributed by atoms with E-state index in [0.29, 0.717) is 21.5 Å². The lowest BCUT2D eigenvalue weighted by Crippen LogP contribution is -2.24. The number of carbonyl (C=O) groups is 1. The molecule has 2 aromatic heterocycles. The lowest BCUT2D eigenvalue weighted by Gasteiger charge is -2.03. The predicted octanol–water partition coefficient (Wildman–Crippen LogP) is 4.26. The van der Waals surface area contributed by atoms with Crippen molar-refractivity contribution in [3.05, 3.63) is 75.2 Å². The first-order chi connectivity index (χ1) is 13.0. The molecule has 1 amide bonds. The maximum atomic E-state index is 12.5. The third-order valence-electron chi connectivity index (χ3n) is 4.00. The normalized spacial score (nSPS) is 10.9. The molecule has 6 nitrogen and oxygen atoms in total. The molecule has 0 fully saturated rings. The number of hydrogen-bond donors (Lipinski definition) is 2. The molecular formula is C19H13ClN4O2S. The number of nitrogens with one attached hydrogen (secondary N) is 2. The molecule has 0 aliphatic rings. The first-order valence-electron chi connectivity index (χ1n) is 8.04. The van der Waals surface area contributed by atoms with Gasteiger partial charge in [0.05, 0.1) is 10.2 Å². The molecule has 0 radical (unpaired) electrons. The second-order valence-electron chi connectivity index (χ2n) is 5.88. The maximum Gasteiger partial charge on any atom is 0.264 e. The molecule has 0 spiro atoms. The zero-order valence-electron chi connectivity index (χ0n) is 14.1. The van der Waals surface area contributed by atoms with Gasteiger partial charge < -0.3 is 4.98 Å². The molecular weight excluding hydrogens is 384 g/mol. The first kappa shape index (κ1) is 17.4. The summed E-state index contributed by atoms with van der Waals surface area (Å²) in [6.07, 6.45) is 1.26. The van der Waals surface area contributed by atoms with E-state index >= 15 is 0 Å². The number of benzene rings is 2. The van der Waals surface area contributed by atoms with Gasteiger partial charge in [0.15, 0.2) is 5.13 Å². The third-order valence-corrected chi connectivity index (χ3v) is 5.19. The third kappa shape index (κ3) is 3.47. The van der Waals surface area contributed by atoms with Crippen LogP contribution in [0.4, 0.5) is 5.13 Å². The minimum absolute atomic E-state index is 0.0799. The smallest absolute Gasteiger partial charge is 0.264 e. The minimum Gasteiger partial charge on any atom is -0.306 e. The van der Waals surface area contributed by atoms with Crippen LogP contribution < -0.4 is 10.9 Å². The molecule has 2 aromatic carbocycles. The summed E-state index contributed by atoms with van der Waals surface area (Å²) in [6.45, 7) is 1.96. The van der Waals surface area contributed by atoms with E-state index in [-0.39, 0.29) is 5.56 Å². The molecule has 0 saturated heterocycles. The van der Waals surface area contributed by atoms with Crippen LogP contribution in [0.15, 0.2) is 53.5 Å². The predicted molar refractivity (Wildman–Crippen MR) is 108 cm³/mol. The Labute approximate surface area is 162 Å². The summed E-state index contributed by atoms with van der Waals surface area (Å²) in [5.74, 6) is -0.188. The molecule has 4 aromatic rings. The quantitative estimate of drug-likeness (QED) is 0.541. The number of aromatic amines is 1. The van der Waals surface area contributed by atoms with Gasteiger partial charge in [0.25, 0.3) is 11.5 Å². The molecule has 134 valence electrons. The highest BCUT2D eigenvalue weighted by Gasteiger charge is 2.15. The van der Waals surface area contributed by atoms with Gasteiger partial charge in [-0.1, -0.05) is 35.1 Å². The van der Waals surface area contributed by atoms with E-state index in [1.165, 1.54) is 17.5 Å². The van der Waals surface area contributed by atoms with Gasteiger partial charge in [0.1, 0.15) is 11.4 Å². The van der Waals surface area contributed by atoms with Crippen molar-refractivity contribution in [3.63, 3.8) is 0 Å². The van der Waals surface area contributed by atoms with Crippen molar-refractivity contribution in [2.75, 3.05) is 5.32 Å². The van der Waals surface area contributed by atoms with Crippen LogP contribution in [0.25, 0.3) is 21.6 Å². The van der Waals surface area contributed by atoms with Crippen molar-refractivity contribution in [2.24, 2.45) is 0 Å². The Kier molecular flexibility index (Phi) is 4.47. The Morgan fingerprint density at radius 3 is 2.67 bits per heavy atom. The van der Waals surface area contributed by atoms with Crippen molar-refractivity contribution in [1.29, 1.82) is 0 Å². The highest BCUT2D eigenvalue weighted by molar-refractivity contribution is 7.22. The minimum atomic E-state index is -0.553. The van der Waals surface area contributed by atoms with Crippen molar-refractivity contribution < 1.29 is 4.79 Å². The Bertz CT molecular complexity index is 1210. The summed E-state index contributed by atoms with van der Waals surface area (Å²) in [5.41, 5.74) is 1.96. The molecule has 27 heavy (non-hydrogen) atoms. The number of para-hydroxylation sites is 1. The summed E-state index contributed by atoms with van der Waals surface area (Å²) < 4.78 is 0.968. The largest absolute Gasteiger partial charge is 0.306 e. The fourth-order valence-electron chi connectivity index (χ4n) is 2.62. The molecule has 0 bridgehead atoms. The number of carbonyl (C=O) groups excluding carboxylic acids is 1. The molecule has 4 rings (SSSR count). The molecule has 2 N–H and O–H groups in total. The second kappa shape index (κ2) is 6.94. The summed E-state index contributed by atoms with van der Waals surface area (Å²) in [7, 11) is 0. The average molecular weight is 397 g/mol. The number of thiazole rings is 1. The van der Waals surface area contributed by atoms with Crippen LogP contribution in [0.2, 0.25) is 5.02 Å². The first-order valence-corrected chi connectivity index (χ1v) is 9.23. The van der Waals surface area contributed by atoms with E-state index in [9.17, 15) is 9.59 Å². The van der Waals surface area contributed by atoms with Gasteiger partial charge in [-0.2, -0.15) is 0 Å². The number of hydrogen-bond acceptors (Lipinski definition) is 5. The van der Waals surface area contributed by atoms with Crippen LogP contribution in [-0.2, 0) is 0 Å². The van der Waals surface area contributed by atoms with Crippen molar-refractivity contribution >= 4 is 44.2 Å². The molecule has 0 atom stereocenters. The topological polar surface area (TPSA) is 87.7 Å². The Balaban J connectivity index is 1.60. The van der Waals surface area contributed by atoms with Gasteiger partial charge in [-0.3, -0.25) is 14.9 Å². The fraction of sp³-hybridized carbons (Fsp3) is 0.0526. The van der Waals surface area contributed by atoms with E-state index < -0.39 is 11.5 Å². The molecule has 2 heterocycles. The maximum absolute atomic E-state index is 12.5. The summed E-state index contributed by atoms with van der Waals surface area (Å²) >= 11 is 7.22. The van der Waals surface area contributed by atoms with Gasteiger partial charge in [-0.05, 0) is 42.8 Å². The summed E-state index contributed by atoms with van der Waals surface area (Å²) in [5, 5.41) is 3.70. The Morgan fingerprint density at radius 2 is 1.96 bits per heavy atom. The highest BCUT2D eigenvalue weighted by Crippen LogP contribution is 2.28. The zero-order valence-corrected chi connectivity index (χ0v) is 15.7. The number of halogens is 1. The lowest BCUT2D eigenvalue weighted by molar-refractivity contribution is 0.102. The Morgan fingerprint density at radius 1 is 1.19 bits per heavy atom. The standard InChI is InChI=1S/C19H13ClN4O2S/c1-10-3-2-4-14-15(10)22-19(27-14)24-18(26)13-9-21-16(23-17(13)25)11-5-7-12(20)8-6-11/h2-9H,1H3,(H,21,23,25)(H,22,24,26). The van der Waals surface area contributed by atoms with E-state index in [4.69, 9.17) is 11.6 Å². The van der Waals surface area contributed by atoms with Gasteiger partial charge >= 0.3 is 0 Å². The van der Waals surface area contributed by atoms with Crippen LogP contribution in [0, 0.1) is 6.92 Å².